The topological polar surface area (TPSA) is 104 Å². The number of hydrogen-bond donors (Lipinski definition) is 1. The van der Waals surface area contributed by atoms with Crippen LogP contribution in [0.4, 0.5) is 11.4 Å². The molecule has 1 N–H and O–H groups in total. The van der Waals surface area contributed by atoms with Gasteiger partial charge in [0.1, 0.15) is 6.54 Å². The SMILES string of the molecule is Cn1c(O)c(N=NC(=O)CN(c2cccc(Cl)c2)S(=O)(=O)c2ccccc2)c2ccccc21. The van der Waals surface area contributed by atoms with Crippen LogP contribution in [0.3, 0.4) is 0 Å². The van der Waals surface area contributed by atoms with Gasteiger partial charge in [0.05, 0.1) is 16.1 Å². The second-order valence-corrected chi connectivity index (χ2v) is 9.45. The predicted molar refractivity (Wildman–Crippen MR) is 127 cm³/mol. The Balaban J connectivity index is 1.69. The second-order valence-electron chi connectivity index (χ2n) is 7.15. The normalized spacial score (nSPS) is 11.8. The number of aromatic hydroxyl groups is 1. The standard InChI is InChI=1S/C23H19ClN4O4S/c1-27-20-13-6-5-12-19(20)22(23(27)30)26-25-21(29)15-28(17-9-7-8-16(24)14-17)33(31,32)18-10-3-2-4-11-18/h2-14,30H,15H2,1H3. The van der Waals surface area contributed by atoms with Gasteiger partial charge in [-0.3, -0.25) is 9.10 Å². The molecule has 10 heteroatoms. The van der Waals surface area contributed by atoms with Crippen molar-refractivity contribution in [1.82, 2.24) is 4.57 Å². The number of aromatic nitrogens is 1. The van der Waals surface area contributed by atoms with E-state index in [2.05, 4.69) is 10.2 Å². The fraction of sp³-hybridized carbons (Fsp3) is 0.0870. The van der Waals surface area contributed by atoms with E-state index in [-0.39, 0.29) is 22.2 Å². The van der Waals surface area contributed by atoms with E-state index < -0.39 is 22.5 Å². The molecule has 1 aromatic heterocycles. The number of fused-ring (bicyclic) bond motifs is 1. The van der Waals surface area contributed by atoms with Gasteiger partial charge in [0.2, 0.25) is 5.88 Å². The number of para-hydroxylation sites is 1. The number of aryl methyl sites for hydroxylation is 1. The third-order valence-corrected chi connectivity index (χ3v) is 7.04. The van der Waals surface area contributed by atoms with E-state index >= 15 is 0 Å². The number of carbonyl (C=O) groups excluding carboxylic acids is 1. The van der Waals surface area contributed by atoms with Crippen LogP contribution in [0, 0.1) is 0 Å². The fourth-order valence-electron chi connectivity index (χ4n) is 3.38. The molecule has 0 fully saturated rings. The van der Waals surface area contributed by atoms with Gasteiger partial charge in [-0.25, -0.2) is 8.42 Å². The minimum Gasteiger partial charge on any atom is -0.493 e. The minimum atomic E-state index is -4.09. The molecule has 0 aliphatic rings. The molecule has 33 heavy (non-hydrogen) atoms. The summed E-state index contributed by atoms with van der Waals surface area (Å²) in [6, 6.07) is 21.0. The lowest BCUT2D eigenvalue weighted by atomic mass is 10.2. The van der Waals surface area contributed by atoms with Crippen molar-refractivity contribution in [3.05, 3.63) is 83.9 Å². The number of carbonyl (C=O) groups is 1. The van der Waals surface area contributed by atoms with Gasteiger partial charge < -0.3 is 9.67 Å². The monoisotopic (exact) mass is 482 g/mol. The van der Waals surface area contributed by atoms with Gasteiger partial charge in [0.15, 0.2) is 5.69 Å². The van der Waals surface area contributed by atoms with Gasteiger partial charge in [-0.15, -0.1) is 10.2 Å². The van der Waals surface area contributed by atoms with Crippen molar-refractivity contribution >= 4 is 49.8 Å². The van der Waals surface area contributed by atoms with Crippen LogP contribution in [-0.4, -0.2) is 30.5 Å². The first kappa shape index (κ1) is 22.5. The van der Waals surface area contributed by atoms with Gasteiger partial charge in [0, 0.05) is 17.5 Å². The summed E-state index contributed by atoms with van der Waals surface area (Å²) in [6.45, 7) is -0.605. The zero-order chi connectivity index (χ0) is 23.6. The molecule has 4 aromatic rings. The van der Waals surface area contributed by atoms with E-state index in [1.807, 2.05) is 6.07 Å². The lowest BCUT2D eigenvalue weighted by molar-refractivity contribution is -0.116. The van der Waals surface area contributed by atoms with Crippen LogP contribution in [-0.2, 0) is 21.9 Å². The molecule has 0 bridgehead atoms. The number of hydrogen-bond acceptors (Lipinski definition) is 5. The second kappa shape index (κ2) is 9.05. The van der Waals surface area contributed by atoms with Gasteiger partial charge >= 0.3 is 0 Å². The number of halogens is 1. The predicted octanol–water partition coefficient (Wildman–Crippen LogP) is 5.04. The highest BCUT2D eigenvalue weighted by Crippen LogP contribution is 2.37. The smallest absolute Gasteiger partial charge is 0.285 e. The summed E-state index contributed by atoms with van der Waals surface area (Å²) < 4.78 is 29.1. The minimum absolute atomic E-state index is 0.0152. The molecule has 0 aliphatic carbocycles. The number of benzene rings is 3. The van der Waals surface area contributed by atoms with Crippen molar-refractivity contribution in [1.29, 1.82) is 0 Å². The third kappa shape index (κ3) is 4.46. The first-order chi connectivity index (χ1) is 15.8. The number of amides is 1. The highest BCUT2D eigenvalue weighted by Gasteiger charge is 2.27. The molecule has 3 aromatic carbocycles. The molecule has 0 unspecified atom stereocenters. The highest BCUT2D eigenvalue weighted by atomic mass is 35.5. The Morgan fingerprint density at radius 2 is 1.73 bits per heavy atom. The van der Waals surface area contributed by atoms with Crippen LogP contribution < -0.4 is 4.31 Å². The van der Waals surface area contributed by atoms with Crippen molar-refractivity contribution < 1.29 is 18.3 Å². The molecule has 168 valence electrons. The van der Waals surface area contributed by atoms with Gasteiger partial charge in [-0.1, -0.05) is 54.1 Å². The summed E-state index contributed by atoms with van der Waals surface area (Å²) in [7, 11) is -2.43. The number of rotatable bonds is 6. The van der Waals surface area contributed by atoms with Crippen molar-refractivity contribution in [3.8, 4) is 5.88 Å². The van der Waals surface area contributed by atoms with Gasteiger partial charge in [-0.05, 0) is 36.4 Å². The maximum absolute atomic E-state index is 13.3. The van der Waals surface area contributed by atoms with Crippen molar-refractivity contribution in [3.63, 3.8) is 0 Å². The van der Waals surface area contributed by atoms with Gasteiger partial charge in [0.25, 0.3) is 15.9 Å². The van der Waals surface area contributed by atoms with E-state index in [0.29, 0.717) is 15.9 Å². The molecule has 1 heterocycles. The lowest BCUT2D eigenvalue weighted by Gasteiger charge is -2.23. The molecule has 0 radical (unpaired) electrons. The van der Waals surface area contributed by atoms with Crippen molar-refractivity contribution in [2.24, 2.45) is 17.3 Å². The Morgan fingerprint density at radius 3 is 2.45 bits per heavy atom. The average molecular weight is 483 g/mol. The molecule has 0 spiro atoms. The Morgan fingerprint density at radius 1 is 1.03 bits per heavy atom. The zero-order valence-corrected chi connectivity index (χ0v) is 19.0. The van der Waals surface area contributed by atoms with E-state index in [1.165, 1.54) is 28.8 Å². The summed E-state index contributed by atoms with van der Waals surface area (Å²) in [6.07, 6.45) is 0. The van der Waals surface area contributed by atoms with Crippen LogP contribution >= 0.6 is 11.6 Å². The molecule has 8 nitrogen and oxygen atoms in total. The maximum Gasteiger partial charge on any atom is 0.285 e. The van der Waals surface area contributed by atoms with E-state index in [1.54, 1.807) is 55.6 Å². The summed E-state index contributed by atoms with van der Waals surface area (Å²) >= 11 is 6.06. The summed E-state index contributed by atoms with van der Waals surface area (Å²) in [5.41, 5.74) is 1.05. The molecule has 4 rings (SSSR count). The van der Waals surface area contributed by atoms with Crippen molar-refractivity contribution in [2.45, 2.75) is 4.90 Å². The average Bonchev–Trinajstić information content (AvgIpc) is 3.06. The fourth-order valence-corrected chi connectivity index (χ4v) is 5.00. The molecular weight excluding hydrogens is 464 g/mol. The van der Waals surface area contributed by atoms with E-state index in [4.69, 9.17) is 11.6 Å². The largest absolute Gasteiger partial charge is 0.493 e. The molecule has 0 aliphatic heterocycles. The van der Waals surface area contributed by atoms with Gasteiger partial charge in [-0.2, -0.15) is 0 Å². The van der Waals surface area contributed by atoms with Crippen molar-refractivity contribution in [2.75, 3.05) is 10.8 Å². The number of nitrogens with zero attached hydrogens (tertiary/aromatic N) is 4. The van der Waals surface area contributed by atoms with Crippen LogP contribution in [0.5, 0.6) is 5.88 Å². The quantitative estimate of drug-likeness (QED) is 0.388. The highest BCUT2D eigenvalue weighted by molar-refractivity contribution is 7.92. The molecule has 0 atom stereocenters. The first-order valence-electron chi connectivity index (χ1n) is 9.83. The number of azo groups is 1. The summed E-state index contributed by atoms with van der Waals surface area (Å²) in [5.74, 6) is -0.974. The molecule has 1 amide bonds. The Kier molecular flexibility index (Phi) is 6.17. The summed E-state index contributed by atoms with van der Waals surface area (Å²) in [5, 5.41) is 18.9. The molecule has 0 saturated heterocycles. The zero-order valence-electron chi connectivity index (χ0n) is 17.5. The Bertz CT molecular complexity index is 1470. The lowest BCUT2D eigenvalue weighted by Crippen LogP contribution is -2.35. The van der Waals surface area contributed by atoms with Crippen LogP contribution in [0.25, 0.3) is 10.9 Å². The Labute approximate surface area is 195 Å². The number of sulfonamides is 1. The third-order valence-electron chi connectivity index (χ3n) is 5.02. The Hall–Kier alpha value is -3.69. The van der Waals surface area contributed by atoms with Crippen LogP contribution in [0.2, 0.25) is 5.02 Å². The molecular formula is C23H19ClN4O4S. The summed E-state index contributed by atoms with van der Waals surface area (Å²) in [4.78, 5) is 12.7. The molecule has 0 saturated carbocycles. The number of anilines is 1. The van der Waals surface area contributed by atoms with Crippen LogP contribution in [0.15, 0.2) is 94.0 Å². The van der Waals surface area contributed by atoms with E-state index in [0.717, 1.165) is 4.31 Å². The first-order valence-corrected chi connectivity index (χ1v) is 11.6. The van der Waals surface area contributed by atoms with E-state index in [9.17, 15) is 18.3 Å². The van der Waals surface area contributed by atoms with Crippen LogP contribution in [0.1, 0.15) is 0 Å². The maximum atomic E-state index is 13.3.